The lowest BCUT2D eigenvalue weighted by Gasteiger charge is -2.42. The van der Waals surface area contributed by atoms with Crippen LogP contribution < -0.4 is 0 Å². The minimum absolute atomic E-state index is 0.0111. The largest absolute Gasteiger partial charge is 0.466 e. The van der Waals surface area contributed by atoms with E-state index in [0.29, 0.717) is 19.7 Å². The molecular formula is C21H23NO3. The zero-order valence-electron chi connectivity index (χ0n) is 14.7. The summed E-state index contributed by atoms with van der Waals surface area (Å²) < 4.78 is 5.21. The van der Waals surface area contributed by atoms with Gasteiger partial charge in [-0.25, -0.2) is 0 Å². The van der Waals surface area contributed by atoms with E-state index >= 15 is 0 Å². The van der Waals surface area contributed by atoms with Gasteiger partial charge in [0.1, 0.15) is 5.41 Å². The fourth-order valence-corrected chi connectivity index (χ4v) is 3.70. The molecule has 1 atom stereocenters. The molecule has 3 rings (SSSR count). The number of hydrogen-bond acceptors (Lipinski definition) is 3. The SMILES string of the molecule is CCOC(=O)CC1(c2ccccc2)C(=O)N(CC)Cc2ccccc21. The Morgan fingerprint density at radius 3 is 2.44 bits per heavy atom. The van der Waals surface area contributed by atoms with Crippen molar-refractivity contribution < 1.29 is 14.3 Å². The fourth-order valence-electron chi connectivity index (χ4n) is 3.70. The van der Waals surface area contributed by atoms with Gasteiger partial charge in [-0.2, -0.15) is 0 Å². The van der Waals surface area contributed by atoms with Gasteiger partial charge in [0.25, 0.3) is 0 Å². The van der Waals surface area contributed by atoms with Crippen molar-refractivity contribution in [2.75, 3.05) is 13.2 Å². The Bertz CT molecular complexity index is 772. The maximum absolute atomic E-state index is 13.5. The number of amides is 1. The van der Waals surface area contributed by atoms with Crippen molar-refractivity contribution in [3.05, 3.63) is 71.3 Å². The maximum Gasteiger partial charge on any atom is 0.307 e. The Hall–Kier alpha value is -2.62. The van der Waals surface area contributed by atoms with Crippen LogP contribution in [0.4, 0.5) is 0 Å². The van der Waals surface area contributed by atoms with Crippen LogP contribution in [-0.4, -0.2) is 29.9 Å². The zero-order valence-corrected chi connectivity index (χ0v) is 14.7. The van der Waals surface area contributed by atoms with E-state index in [2.05, 4.69) is 0 Å². The van der Waals surface area contributed by atoms with Gasteiger partial charge in [-0.3, -0.25) is 9.59 Å². The molecule has 0 spiro atoms. The Kier molecular flexibility index (Phi) is 4.88. The van der Waals surface area contributed by atoms with Crippen molar-refractivity contribution in [1.29, 1.82) is 0 Å². The van der Waals surface area contributed by atoms with E-state index in [-0.39, 0.29) is 18.3 Å². The van der Waals surface area contributed by atoms with Crippen molar-refractivity contribution in [2.24, 2.45) is 0 Å². The number of ether oxygens (including phenoxy) is 1. The van der Waals surface area contributed by atoms with Crippen LogP contribution in [-0.2, 0) is 26.3 Å². The number of hydrogen-bond donors (Lipinski definition) is 0. The smallest absolute Gasteiger partial charge is 0.307 e. The summed E-state index contributed by atoms with van der Waals surface area (Å²) in [5.74, 6) is -0.389. The van der Waals surface area contributed by atoms with Crippen molar-refractivity contribution in [3.63, 3.8) is 0 Å². The lowest BCUT2D eigenvalue weighted by atomic mass is 9.67. The summed E-state index contributed by atoms with van der Waals surface area (Å²) >= 11 is 0. The summed E-state index contributed by atoms with van der Waals surface area (Å²) in [5, 5.41) is 0. The van der Waals surface area contributed by atoms with Crippen LogP contribution in [0.15, 0.2) is 54.6 Å². The Balaban J connectivity index is 2.24. The average molecular weight is 337 g/mol. The number of fused-ring (bicyclic) bond motifs is 1. The Morgan fingerprint density at radius 1 is 1.08 bits per heavy atom. The van der Waals surface area contributed by atoms with E-state index in [1.165, 1.54) is 0 Å². The molecule has 0 saturated heterocycles. The number of carbonyl (C=O) groups is 2. The lowest BCUT2D eigenvalue weighted by Crippen LogP contribution is -2.52. The molecule has 130 valence electrons. The van der Waals surface area contributed by atoms with E-state index in [4.69, 9.17) is 4.74 Å². The lowest BCUT2D eigenvalue weighted by molar-refractivity contribution is -0.149. The predicted octanol–water partition coefficient (Wildman–Crippen LogP) is 3.29. The van der Waals surface area contributed by atoms with Gasteiger partial charge < -0.3 is 9.64 Å². The first kappa shape index (κ1) is 17.2. The summed E-state index contributed by atoms with van der Waals surface area (Å²) in [6.45, 7) is 5.22. The second-order valence-corrected chi connectivity index (χ2v) is 6.23. The van der Waals surface area contributed by atoms with Gasteiger partial charge in [0.15, 0.2) is 0 Å². The first-order chi connectivity index (χ1) is 12.1. The van der Waals surface area contributed by atoms with Crippen LogP contribution in [0.1, 0.15) is 37.0 Å². The second kappa shape index (κ2) is 7.09. The van der Waals surface area contributed by atoms with Gasteiger partial charge in [0, 0.05) is 13.1 Å². The van der Waals surface area contributed by atoms with Crippen molar-refractivity contribution in [2.45, 2.75) is 32.2 Å². The molecule has 4 nitrogen and oxygen atoms in total. The quantitative estimate of drug-likeness (QED) is 0.787. The molecule has 0 bridgehead atoms. The van der Waals surface area contributed by atoms with E-state index < -0.39 is 5.41 Å². The van der Waals surface area contributed by atoms with Crippen LogP contribution in [0.2, 0.25) is 0 Å². The Morgan fingerprint density at radius 2 is 1.76 bits per heavy atom. The zero-order chi connectivity index (χ0) is 17.9. The number of benzene rings is 2. The molecule has 1 amide bonds. The molecule has 25 heavy (non-hydrogen) atoms. The summed E-state index contributed by atoms with van der Waals surface area (Å²) in [4.78, 5) is 27.8. The third-order valence-corrected chi connectivity index (χ3v) is 4.85. The van der Waals surface area contributed by atoms with E-state index in [0.717, 1.165) is 16.7 Å². The second-order valence-electron chi connectivity index (χ2n) is 6.23. The van der Waals surface area contributed by atoms with Gasteiger partial charge in [0.2, 0.25) is 5.91 Å². The fraction of sp³-hybridized carbons (Fsp3) is 0.333. The summed E-state index contributed by atoms with van der Waals surface area (Å²) in [7, 11) is 0. The van der Waals surface area contributed by atoms with Gasteiger partial charge in [-0.1, -0.05) is 54.6 Å². The molecule has 0 N–H and O–H groups in total. The highest BCUT2D eigenvalue weighted by Gasteiger charge is 2.49. The molecule has 1 unspecified atom stereocenters. The van der Waals surface area contributed by atoms with E-state index in [1.807, 2.05) is 66.4 Å². The van der Waals surface area contributed by atoms with Crippen LogP contribution in [0.5, 0.6) is 0 Å². The summed E-state index contributed by atoms with van der Waals surface area (Å²) in [6.07, 6.45) is 0.0111. The van der Waals surface area contributed by atoms with Gasteiger partial charge in [-0.05, 0) is 30.5 Å². The van der Waals surface area contributed by atoms with Gasteiger partial charge >= 0.3 is 5.97 Å². The molecule has 2 aromatic carbocycles. The first-order valence-electron chi connectivity index (χ1n) is 8.72. The van der Waals surface area contributed by atoms with Crippen molar-refractivity contribution in [1.82, 2.24) is 4.90 Å². The molecule has 0 aliphatic carbocycles. The summed E-state index contributed by atoms with van der Waals surface area (Å²) in [6, 6.07) is 17.5. The van der Waals surface area contributed by atoms with Crippen LogP contribution in [0, 0.1) is 0 Å². The Labute approximate surface area is 148 Å². The number of nitrogens with zero attached hydrogens (tertiary/aromatic N) is 1. The third kappa shape index (κ3) is 2.93. The van der Waals surface area contributed by atoms with Crippen LogP contribution >= 0.6 is 0 Å². The van der Waals surface area contributed by atoms with Crippen LogP contribution in [0.3, 0.4) is 0 Å². The monoisotopic (exact) mass is 337 g/mol. The molecule has 1 aliphatic heterocycles. The molecule has 4 heteroatoms. The number of likely N-dealkylation sites (N-methyl/N-ethyl adjacent to an activating group) is 1. The molecule has 2 aromatic rings. The minimum atomic E-state index is -1.03. The molecular weight excluding hydrogens is 314 g/mol. The molecule has 0 saturated carbocycles. The minimum Gasteiger partial charge on any atom is -0.466 e. The summed E-state index contributed by atoms with van der Waals surface area (Å²) in [5.41, 5.74) is 1.79. The van der Waals surface area contributed by atoms with Crippen LogP contribution in [0.25, 0.3) is 0 Å². The molecule has 1 aliphatic rings. The average Bonchev–Trinajstić information content (AvgIpc) is 2.64. The highest BCUT2D eigenvalue weighted by Crippen LogP contribution is 2.43. The first-order valence-corrected chi connectivity index (χ1v) is 8.72. The van der Waals surface area contributed by atoms with Crippen molar-refractivity contribution in [3.8, 4) is 0 Å². The normalized spacial score (nSPS) is 19.4. The highest BCUT2D eigenvalue weighted by molar-refractivity contribution is 5.97. The van der Waals surface area contributed by atoms with Gasteiger partial charge in [-0.15, -0.1) is 0 Å². The molecule has 0 radical (unpaired) electrons. The predicted molar refractivity (Wildman–Crippen MR) is 96.0 cm³/mol. The van der Waals surface area contributed by atoms with Gasteiger partial charge in [0.05, 0.1) is 13.0 Å². The number of carbonyl (C=O) groups excluding carboxylic acids is 2. The van der Waals surface area contributed by atoms with Crippen molar-refractivity contribution >= 4 is 11.9 Å². The topological polar surface area (TPSA) is 46.6 Å². The third-order valence-electron chi connectivity index (χ3n) is 4.85. The number of rotatable bonds is 5. The number of esters is 1. The van der Waals surface area contributed by atoms with E-state index in [9.17, 15) is 9.59 Å². The van der Waals surface area contributed by atoms with E-state index in [1.54, 1.807) is 6.92 Å². The highest BCUT2D eigenvalue weighted by atomic mass is 16.5. The maximum atomic E-state index is 13.5. The molecule has 0 aromatic heterocycles. The molecule has 0 fully saturated rings. The molecule has 1 heterocycles. The standard InChI is InChI=1S/C21H23NO3/c1-3-22-15-16-10-8-9-13-18(16)21(20(22)24,14-19(23)25-4-2)17-11-6-5-7-12-17/h5-13H,3-4,14-15H2,1-2H3.